The fraction of sp³-hybridized carbons (Fsp3) is 0.174. The highest BCUT2D eigenvalue weighted by Gasteiger charge is 2.15. The van der Waals surface area contributed by atoms with Crippen LogP contribution in [0.3, 0.4) is 0 Å². The summed E-state index contributed by atoms with van der Waals surface area (Å²) < 4.78 is 0. The molecule has 3 rings (SSSR count). The van der Waals surface area contributed by atoms with Gasteiger partial charge in [-0.3, -0.25) is 9.89 Å². The predicted octanol–water partition coefficient (Wildman–Crippen LogP) is 4.42. The Labute approximate surface area is 164 Å². The Balaban J connectivity index is 1.79. The molecular formula is C23H22N4O. The Hall–Kier alpha value is -3.65. The molecule has 5 nitrogen and oxygen atoms in total. The van der Waals surface area contributed by atoms with Crippen LogP contribution >= 0.6 is 0 Å². The van der Waals surface area contributed by atoms with Crippen molar-refractivity contribution in [3.8, 4) is 17.3 Å². The van der Waals surface area contributed by atoms with Gasteiger partial charge in [0.15, 0.2) is 0 Å². The third kappa shape index (κ3) is 4.36. The van der Waals surface area contributed by atoms with E-state index in [9.17, 15) is 10.1 Å². The molecule has 1 aromatic heterocycles. The molecule has 3 aromatic rings. The van der Waals surface area contributed by atoms with Gasteiger partial charge >= 0.3 is 0 Å². The summed E-state index contributed by atoms with van der Waals surface area (Å²) in [5.74, 6) is -0.408. The first kappa shape index (κ1) is 19.1. The SMILES string of the molecule is CCc1ccc(C(C)NC(=O)C(C#N)=Cc2cn[nH]c2-c2ccccc2)cc1. The molecule has 140 valence electrons. The molecule has 1 unspecified atom stereocenters. The zero-order valence-electron chi connectivity index (χ0n) is 15.9. The summed E-state index contributed by atoms with van der Waals surface area (Å²) in [6, 6.07) is 19.6. The van der Waals surface area contributed by atoms with Crippen molar-refractivity contribution < 1.29 is 4.79 Å². The number of nitrogens with zero attached hydrogens (tertiary/aromatic N) is 2. The molecule has 1 atom stereocenters. The molecule has 0 radical (unpaired) electrons. The first-order valence-electron chi connectivity index (χ1n) is 9.22. The van der Waals surface area contributed by atoms with Gasteiger partial charge in [0.2, 0.25) is 0 Å². The smallest absolute Gasteiger partial charge is 0.262 e. The second kappa shape index (κ2) is 8.83. The molecule has 0 aliphatic heterocycles. The summed E-state index contributed by atoms with van der Waals surface area (Å²) in [6.07, 6.45) is 4.14. The zero-order chi connectivity index (χ0) is 19.9. The van der Waals surface area contributed by atoms with Gasteiger partial charge in [0.25, 0.3) is 5.91 Å². The highest BCUT2D eigenvalue weighted by molar-refractivity contribution is 6.02. The van der Waals surface area contributed by atoms with E-state index >= 15 is 0 Å². The summed E-state index contributed by atoms with van der Waals surface area (Å²) in [4.78, 5) is 12.6. The Morgan fingerprint density at radius 2 is 1.93 bits per heavy atom. The molecule has 2 aromatic carbocycles. The van der Waals surface area contributed by atoms with E-state index in [1.165, 1.54) is 5.56 Å². The quantitative estimate of drug-likeness (QED) is 0.498. The molecule has 1 amide bonds. The van der Waals surface area contributed by atoms with E-state index in [0.717, 1.165) is 23.2 Å². The molecule has 0 bridgehead atoms. The number of hydrogen-bond donors (Lipinski definition) is 2. The summed E-state index contributed by atoms with van der Waals surface area (Å²) in [7, 11) is 0. The second-order valence-electron chi connectivity index (χ2n) is 6.53. The third-order valence-corrected chi connectivity index (χ3v) is 4.63. The van der Waals surface area contributed by atoms with Crippen molar-refractivity contribution in [3.05, 3.63) is 83.1 Å². The minimum absolute atomic E-state index is 0.0376. The molecule has 1 heterocycles. The van der Waals surface area contributed by atoms with E-state index in [2.05, 4.69) is 34.6 Å². The van der Waals surface area contributed by atoms with E-state index in [4.69, 9.17) is 0 Å². The molecule has 0 spiro atoms. The van der Waals surface area contributed by atoms with Crippen molar-refractivity contribution in [3.63, 3.8) is 0 Å². The first-order chi connectivity index (χ1) is 13.6. The fourth-order valence-electron chi connectivity index (χ4n) is 2.94. The largest absolute Gasteiger partial charge is 0.345 e. The van der Waals surface area contributed by atoms with Crippen LogP contribution in [-0.2, 0) is 11.2 Å². The number of carbonyl (C=O) groups excluding carboxylic acids is 1. The normalized spacial score (nSPS) is 12.2. The number of benzene rings is 2. The van der Waals surface area contributed by atoms with Crippen LogP contribution < -0.4 is 5.32 Å². The summed E-state index contributed by atoms with van der Waals surface area (Å²) in [5, 5.41) is 19.4. The lowest BCUT2D eigenvalue weighted by atomic mass is 10.0. The maximum atomic E-state index is 12.6. The van der Waals surface area contributed by atoms with Gasteiger partial charge in [0.05, 0.1) is 17.9 Å². The highest BCUT2D eigenvalue weighted by atomic mass is 16.1. The lowest BCUT2D eigenvalue weighted by Crippen LogP contribution is -2.27. The van der Waals surface area contributed by atoms with Gasteiger partial charge in [-0.1, -0.05) is 61.5 Å². The number of H-pyrrole nitrogens is 1. The van der Waals surface area contributed by atoms with E-state index in [1.54, 1.807) is 12.3 Å². The summed E-state index contributed by atoms with van der Waals surface area (Å²) in [5.41, 5.74) is 4.68. The van der Waals surface area contributed by atoms with Crippen LogP contribution in [0.2, 0.25) is 0 Å². The number of carbonyl (C=O) groups is 1. The maximum absolute atomic E-state index is 12.6. The molecular weight excluding hydrogens is 348 g/mol. The van der Waals surface area contributed by atoms with Crippen molar-refractivity contribution >= 4 is 12.0 Å². The number of aromatic nitrogens is 2. The van der Waals surface area contributed by atoms with Crippen molar-refractivity contribution in [2.24, 2.45) is 0 Å². The van der Waals surface area contributed by atoms with E-state index in [1.807, 2.05) is 55.5 Å². The molecule has 0 saturated carbocycles. The van der Waals surface area contributed by atoms with Crippen LogP contribution in [-0.4, -0.2) is 16.1 Å². The van der Waals surface area contributed by atoms with Gasteiger partial charge in [-0.25, -0.2) is 0 Å². The lowest BCUT2D eigenvalue weighted by Gasteiger charge is -2.14. The molecule has 0 fully saturated rings. The lowest BCUT2D eigenvalue weighted by molar-refractivity contribution is -0.117. The van der Waals surface area contributed by atoms with Crippen molar-refractivity contribution in [1.29, 1.82) is 5.26 Å². The van der Waals surface area contributed by atoms with E-state index in [-0.39, 0.29) is 11.6 Å². The number of rotatable bonds is 6. The van der Waals surface area contributed by atoms with Gasteiger partial charge in [-0.2, -0.15) is 10.4 Å². The van der Waals surface area contributed by atoms with E-state index < -0.39 is 5.91 Å². The van der Waals surface area contributed by atoms with Gasteiger partial charge in [0.1, 0.15) is 11.6 Å². The Morgan fingerprint density at radius 3 is 2.57 bits per heavy atom. The fourth-order valence-corrected chi connectivity index (χ4v) is 2.94. The van der Waals surface area contributed by atoms with Crippen molar-refractivity contribution in [2.45, 2.75) is 26.3 Å². The average Bonchev–Trinajstić information content (AvgIpc) is 3.20. The van der Waals surface area contributed by atoms with Crippen molar-refractivity contribution in [2.75, 3.05) is 0 Å². The van der Waals surface area contributed by atoms with Gasteiger partial charge in [-0.15, -0.1) is 0 Å². The monoisotopic (exact) mass is 370 g/mol. The number of nitrogens with one attached hydrogen (secondary N) is 2. The molecule has 0 saturated heterocycles. The molecule has 0 aliphatic carbocycles. The van der Waals surface area contributed by atoms with Gasteiger partial charge < -0.3 is 5.32 Å². The van der Waals surface area contributed by atoms with Crippen molar-refractivity contribution in [1.82, 2.24) is 15.5 Å². The Morgan fingerprint density at radius 1 is 1.21 bits per heavy atom. The Bertz CT molecular complexity index is 1010. The number of aryl methyl sites for hydroxylation is 1. The maximum Gasteiger partial charge on any atom is 0.262 e. The molecule has 2 N–H and O–H groups in total. The zero-order valence-corrected chi connectivity index (χ0v) is 15.9. The molecule has 5 heteroatoms. The summed E-state index contributed by atoms with van der Waals surface area (Å²) >= 11 is 0. The predicted molar refractivity (Wildman–Crippen MR) is 110 cm³/mol. The minimum Gasteiger partial charge on any atom is -0.345 e. The van der Waals surface area contributed by atoms with Crippen LogP contribution in [0.1, 0.15) is 36.6 Å². The second-order valence-corrected chi connectivity index (χ2v) is 6.53. The number of nitriles is 1. The topological polar surface area (TPSA) is 81.6 Å². The van der Waals surface area contributed by atoms with Crippen LogP contribution in [0.5, 0.6) is 0 Å². The molecule has 0 aliphatic rings. The summed E-state index contributed by atoms with van der Waals surface area (Å²) in [6.45, 7) is 4.00. The van der Waals surface area contributed by atoms with Gasteiger partial charge in [-0.05, 0) is 30.5 Å². The number of aromatic amines is 1. The number of amides is 1. The minimum atomic E-state index is -0.408. The van der Waals surface area contributed by atoms with Crippen LogP contribution in [0, 0.1) is 11.3 Å². The van der Waals surface area contributed by atoms with Crippen LogP contribution in [0.25, 0.3) is 17.3 Å². The molecule has 28 heavy (non-hydrogen) atoms. The van der Waals surface area contributed by atoms with Gasteiger partial charge in [0, 0.05) is 11.1 Å². The highest BCUT2D eigenvalue weighted by Crippen LogP contribution is 2.23. The Kier molecular flexibility index (Phi) is 6.03. The third-order valence-electron chi connectivity index (χ3n) is 4.63. The van der Waals surface area contributed by atoms with E-state index in [0.29, 0.717) is 5.56 Å². The first-order valence-corrected chi connectivity index (χ1v) is 9.22. The van der Waals surface area contributed by atoms with Crippen LogP contribution in [0.15, 0.2) is 66.4 Å². The average molecular weight is 370 g/mol. The number of hydrogen-bond acceptors (Lipinski definition) is 3. The van der Waals surface area contributed by atoms with Crippen LogP contribution in [0.4, 0.5) is 0 Å². The standard InChI is InChI=1S/C23H22N4O/c1-3-17-9-11-18(12-10-17)16(2)26-23(28)20(14-24)13-21-15-25-27-22(21)19-7-5-4-6-8-19/h4-13,15-16H,3H2,1-2H3,(H,25,27)(H,26,28).